The number of hydrogen-bond acceptors (Lipinski definition) is 2. The van der Waals surface area contributed by atoms with Gasteiger partial charge in [0.2, 0.25) is 0 Å². The van der Waals surface area contributed by atoms with Crippen LogP contribution in [0.4, 0.5) is 0 Å². The highest BCUT2D eigenvalue weighted by molar-refractivity contribution is 14.1. The lowest BCUT2D eigenvalue weighted by atomic mass is 10.2. The third kappa shape index (κ3) is 2.18. The van der Waals surface area contributed by atoms with Crippen LogP contribution in [0, 0.1) is 3.57 Å². The largest absolute Gasteiger partial charge is 0.352 e. The molecule has 0 saturated heterocycles. The molecule has 0 bridgehead atoms. The fraction of sp³-hybridized carbons (Fsp3) is 0.333. The van der Waals surface area contributed by atoms with E-state index < -0.39 is 0 Å². The van der Waals surface area contributed by atoms with Crippen LogP contribution in [0.15, 0.2) is 24.3 Å². The van der Waals surface area contributed by atoms with Crippen molar-refractivity contribution in [2.75, 3.05) is 14.2 Å². The Kier molecular flexibility index (Phi) is 3.97. The molecule has 0 amide bonds. The highest BCUT2D eigenvalue weighted by Gasteiger charge is 2.10. The summed E-state index contributed by atoms with van der Waals surface area (Å²) in [5.74, 6) is 0. The zero-order chi connectivity index (χ0) is 8.97. The minimum absolute atomic E-state index is 0.252. The van der Waals surface area contributed by atoms with Gasteiger partial charge in [0, 0.05) is 23.4 Å². The monoisotopic (exact) mass is 278 g/mol. The van der Waals surface area contributed by atoms with Crippen LogP contribution in [-0.2, 0) is 9.47 Å². The molecule has 0 heterocycles. The topological polar surface area (TPSA) is 18.5 Å². The van der Waals surface area contributed by atoms with Crippen LogP contribution in [0.5, 0.6) is 0 Å². The van der Waals surface area contributed by atoms with Gasteiger partial charge < -0.3 is 9.47 Å². The van der Waals surface area contributed by atoms with E-state index >= 15 is 0 Å². The summed E-state index contributed by atoms with van der Waals surface area (Å²) in [5, 5.41) is 0. The van der Waals surface area contributed by atoms with Crippen LogP contribution in [0.25, 0.3) is 0 Å². The minimum atomic E-state index is -0.252. The van der Waals surface area contributed by atoms with Gasteiger partial charge in [-0.05, 0) is 28.7 Å². The van der Waals surface area contributed by atoms with Crippen molar-refractivity contribution in [2.24, 2.45) is 0 Å². The lowest BCUT2D eigenvalue weighted by Gasteiger charge is -2.14. The van der Waals surface area contributed by atoms with Crippen LogP contribution in [-0.4, -0.2) is 14.2 Å². The second kappa shape index (κ2) is 4.79. The van der Waals surface area contributed by atoms with E-state index in [0.717, 1.165) is 9.13 Å². The molecule has 0 radical (unpaired) electrons. The normalized spacial score (nSPS) is 10.7. The summed E-state index contributed by atoms with van der Waals surface area (Å²) >= 11 is 2.26. The molecule has 66 valence electrons. The predicted octanol–water partition coefficient (Wildman–Crippen LogP) is 2.58. The van der Waals surface area contributed by atoms with Gasteiger partial charge in [-0.25, -0.2) is 0 Å². The predicted molar refractivity (Wildman–Crippen MR) is 55.9 cm³/mol. The zero-order valence-electron chi connectivity index (χ0n) is 7.08. The molecule has 0 unspecified atom stereocenters. The third-order valence-electron chi connectivity index (χ3n) is 1.59. The molecular weight excluding hydrogens is 267 g/mol. The first-order valence-corrected chi connectivity index (χ1v) is 4.67. The summed E-state index contributed by atoms with van der Waals surface area (Å²) in [6.07, 6.45) is -0.252. The first kappa shape index (κ1) is 9.95. The summed E-state index contributed by atoms with van der Waals surface area (Å²) in [5.41, 5.74) is 1.07. The standard InChI is InChI=1S/C9H11IO2/c1-11-9(12-2)7-5-3-4-6-8(7)10/h3-6,9H,1-2H3. The molecule has 0 aromatic heterocycles. The maximum absolute atomic E-state index is 5.14. The van der Waals surface area contributed by atoms with E-state index in [4.69, 9.17) is 9.47 Å². The number of methoxy groups -OCH3 is 2. The quantitative estimate of drug-likeness (QED) is 0.625. The average Bonchev–Trinajstić information content (AvgIpc) is 2.10. The van der Waals surface area contributed by atoms with Crippen LogP contribution in [0.1, 0.15) is 11.9 Å². The Labute approximate surface area is 86.0 Å². The van der Waals surface area contributed by atoms with E-state index in [2.05, 4.69) is 22.6 Å². The fourth-order valence-corrected chi connectivity index (χ4v) is 1.66. The first-order valence-electron chi connectivity index (χ1n) is 3.59. The molecule has 0 atom stereocenters. The highest BCUT2D eigenvalue weighted by Crippen LogP contribution is 2.22. The molecule has 12 heavy (non-hydrogen) atoms. The molecule has 0 aliphatic rings. The van der Waals surface area contributed by atoms with Gasteiger partial charge in [0.25, 0.3) is 0 Å². The van der Waals surface area contributed by atoms with E-state index in [1.807, 2.05) is 24.3 Å². The summed E-state index contributed by atoms with van der Waals surface area (Å²) in [6.45, 7) is 0. The summed E-state index contributed by atoms with van der Waals surface area (Å²) in [4.78, 5) is 0. The smallest absolute Gasteiger partial charge is 0.184 e. The van der Waals surface area contributed by atoms with Crippen molar-refractivity contribution in [1.29, 1.82) is 0 Å². The Balaban J connectivity index is 2.92. The second-order valence-electron chi connectivity index (χ2n) is 2.32. The number of rotatable bonds is 3. The van der Waals surface area contributed by atoms with E-state index in [1.165, 1.54) is 0 Å². The van der Waals surface area contributed by atoms with E-state index in [0.29, 0.717) is 0 Å². The number of hydrogen-bond donors (Lipinski definition) is 0. The lowest BCUT2D eigenvalue weighted by Crippen LogP contribution is -2.05. The van der Waals surface area contributed by atoms with E-state index in [-0.39, 0.29) is 6.29 Å². The Morgan fingerprint density at radius 1 is 1.17 bits per heavy atom. The van der Waals surface area contributed by atoms with Gasteiger partial charge in [0.05, 0.1) is 0 Å². The summed E-state index contributed by atoms with van der Waals surface area (Å²) < 4.78 is 11.4. The van der Waals surface area contributed by atoms with Crippen LogP contribution in [0.2, 0.25) is 0 Å². The molecule has 0 fully saturated rings. The Hall–Kier alpha value is -0.130. The van der Waals surface area contributed by atoms with Crippen LogP contribution >= 0.6 is 22.6 Å². The second-order valence-corrected chi connectivity index (χ2v) is 3.49. The molecule has 0 saturated carbocycles. The molecular formula is C9H11IO2. The minimum Gasteiger partial charge on any atom is -0.352 e. The molecule has 1 rings (SSSR count). The van der Waals surface area contributed by atoms with Gasteiger partial charge in [-0.2, -0.15) is 0 Å². The zero-order valence-corrected chi connectivity index (χ0v) is 9.24. The molecule has 0 spiro atoms. The molecule has 0 aliphatic carbocycles. The SMILES string of the molecule is COC(OC)c1ccccc1I. The Morgan fingerprint density at radius 2 is 1.75 bits per heavy atom. The van der Waals surface area contributed by atoms with Crippen molar-refractivity contribution in [3.63, 3.8) is 0 Å². The highest BCUT2D eigenvalue weighted by atomic mass is 127. The van der Waals surface area contributed by atoms with Gasteiger partial charge >= 0.3 is 0 Å². The molecule has 3 heteroatoms. The third-order valence-corrected chi connectivity index (χ3v) is 2.57. The maximum atomic E-state index is 5.14. The van der Waals surface area contributed by atoms with Gasteiger partial charge in [-0.1, -0.05) is 18.2 Å². The van der Waals surface area contributed by atoms with Gasteiger partial charge in [0.1, 0.15) is 0 Å². The van der Waals surface area contributed by atoms with Crippen LogP contribution in [0.3, 0.4) is 0 Å². The maximum Gasteiger partial charge on any atom is 0.184 e. The average molecular weight is 278 g/mol. The molecule has 2 nitrogen and oxygen atoms in total. The summed E-state index contributed by atoms with van der Waals surface area (Å²) in [7, 11) is 3.27. The van der Waals surface area contributed by atoms with Gasteiger partial charge in [0.15, 0.2) is 6.29 Å². The van der Waals surface area contributed by atoms with Crippen molar-refractivity contribution in [3.05, 3.63) is 33.4 Å². The van der Waals surface area contributed by atoms with E-state index in [9.17, 15) is 0 Å². The number of ether oxygens (including phenoxy) is 2. The molecule has 1 aromatic rings. The van der Waals surface area contributed by atoms with Crippen molar-refractivity contribution in [2.45, 2.75) is 6.29 Å². The van der Waals surface area contributed by atoms with Gasteiger partial charge in [-0.3, -0.25) is 0 Å². The fourth-order valence-electron chi connectivity index (χ4n) is 1.02. The molecule has 0 aliphatic heterocycles. The molecule has 1 aromatic carbocycles. The van der Waals surface area contributed by atoms with E-state index in [1.54, 1.807) is 14.2 Å². The van der Waals surface area contributed by atoms with Crippen LogP contribution < -0.4 is 0 Å². The number of benzene rings is 1. The molecule has 0 N–H and O–H groups in total. The first-order chi connectivity index (χ1) is 5.79. The number of halogens is 1. The Bertz CT molecular complexity index is 246. The van der Waals surface area contributed by atoms with Gasteiger partial charge in [-0.15, -0.1) is 0 Å². The summed E-state index contributed by atoms with van der Waals surface area (Å²) in [6, 6.07) is 8.00. The lowest BCUT2D eigenvalue weighted by molar-refractivity contribution is -0.106. The van der Waals surface area contributed by atoms with Crippen molar-refractivity contribution in [3.8, 4) is 0 Å². The van der Waals surface area contributed by atoms with Crippen molar-refractivity contribution >= 4 is 22.6 Å². The van der Waals surface area contributed by atoms with Crippen molar-refractivity contribution in [1.82, 2.24) is 0 Å². The Morgan fingerprint density at radius 3 is 2.25 bits per heavy atom. The van der Waals surface area contributed by atoms with Crippen molar-refractivity contribution < 1.29 is 9.47 Å².